The fourth-order valence-electron chi connectivity index (χ4n) is 3.97. The van der Waals surface area contributed by atoms with Crippen LogP contribution >= 0.6 is 0 Å². The minimum atomic E-state index is -1.82. The minimum Gasteiger partial charge on any atom is -0.375 e. The van der Waals surface area contributed by atoms with Crippen LogP contribution in [-0.2, 0) is 10.4 Å². The largest absolute Gasteiger partial charge is 0.375 e. The van der Waals surface area contributed by atoms with Crippen molar-refractivity contribution in [2.75, 3.05) is 44.8 Å². The molecule has 0 radical (unpaired) electrons. The molecule has 28 heavy (non-hydrogen) atoms. The van der Waals surface area contributed by atoms with Crippen molar-refractivity contribution in [3.63, 3.8) is 0 Å². The Bertz CT molecular complexity index is 878. The first kappa shape index (κ1) is 18.8. The van der Waals surface area contributed by atoms with E-state index in [0.29, 0.717) is 23.5 Å². The molecule has 2 aromatic rings. The maximum Gasteiger partial charge on any atom is 0.265 e. The van der Waals surface area contributed by atoms with Crippen LogP contribution < -0.4 is 4.90 Å². The Kier molecular flexibility index (Phi) is 5.02. The van der Waals surface area contributed by atoms with Gasteiger partial charge in [-0.25, -0.2) is 0 Å². The van der Waals surface area contributed by atoms with Crippen LogP contribution in [0.4, 0.5) is 5.69 Å². The number of nitrogens with zero attached hydrogens (tertiary/aromatic N) is 3. The maximum absolute atomic E-state index is 13.3. The first-order valence-corrected chi connectivity index (χ1v) is 9.62. The van der Waals surface area contributed by atoms with Crippen molar-refractivity contribution in [1.82, 2.24) is 9.80 Å². The Morgan fingerprint density at radius 1 is 1.00 bits per heavy atom. The molecule has 2 aliphatic rings. The minimum absolute atomic E-state index is 0.243. The maximum atomic E-state index is 13.3. The molecule has 1 N–H and O–H groups in total. The number of aliphatic hydroxyl groups is 1. The van der Waals surface area contributed by atoms with Gasteiger partial charge in [-0.2, -0.15) is 0 Å². The Morgan fingerprint density at radius 3 is 2.36 bits per heavy atom. The van der Waals surface area contributed by atoms with Gasteiger partial charge in [0.2, 0.25) is 0 Å². The number of hydrogen-bond donors (Lipinski definition) is 1. The number of amides is 1. The van der Waals surface area contributed by atoms with Crippen molar-refractivity contribution in [1.29, 1.82) is 0 Å². The standard InChI is InChI=1S/C22H25N3O3/c1-23-11-13-24(14-12-23)16-25-19-10-6-5-9-18(19)22(28,21(25)27)15-20(26)17-7-3-2-4-8-17/h2-10,28H,11-16H2,1H3. The quantitative estimate of drug-likeness (QED) is 0.801. The average molecular weight is 379 g/mol. The van der Waals surface area contributed by atoms with Crippen molar-refractivity contribution < 1.29 is 14.7 Å². The zero-order valence-electron chi connectivity index (χ0n) is 16.0. The number of Topliss-reactive ketones (excluding diaryl/α,β-unsaturated/α-hetero) is 1. The molecule has 0 aliphatic carbocycles. The number of hydrogen-bond acceptors (Lipinski definition) is 5. The van der Waals surface area contributed by atoms with Gasteiger partial charge in [0.1, 0.15) is 0 Å². The summed E-state index contributed by atoms with van der Waals surface area (Å²) in [5.74, 6) is -0.662. The number of rotatable bonds is 5. The van der Waals surface area contributed by atoms with E-state index in [1.54, 1.807) is 41.3 Å². The number of carbonyl (C=O) groups excluding carboxylic acids is 2. The van der Waals surface area contributed by atoms with Crippen molar-refractivity contribution in [2.24, 2.45) is 0 Å². The highest BCUT2D eigenvalue weighted by Gasteiger charge is 2.51. The van der Waals surface area contributed by atoms with Crippen LogP contribution in [0, 0.1) is 0 Å². The van der Waals surface area contributed by atoms with Gasteiger partial charge in [-0.1, -0.05) is 48.5 Å². The molecule has 1 saturated heterocycles. The fourth-order valence-corrected chi connectivity index (χ4v) is 3.97. The van der Waals surface area contributed by atoms with Crippen LogP contribution in [0.25, 0.3) is 0 Å². The highest BCUT2D eigenvalue weighted by atomic mass is 16.3. The van der Waals surface area contributed by atoms with E-state index in [1.807, 2.05) is 18.2 Å². The summed E-state index contributed by atoms with van der Waals surface area (Å²) in [5.41, 5.74) is -0.122. The van der Waals surface area contributed by atoms with Gasteiger partial charge >= 0.3 is 0 Å². The molecule has 2 heterocycles. The van der Waals surface area contributed by atoms with Crippen molar-refractivity contribution in [3.05, 3.63) is 65.7 Å². The highest BCUT2D eigenvalue weighted by Crippen LogP contribution is 2.42. The number of likely N-dealkylation sites (N-methyl/N-ethyl adjacent to an activating group) is 1. The zero-order chi connectivity index (χ0) is 19.7. The first-order valence-electron chi connectivity index (χ1n) is 9.62. The van der Waals surface area contributed by atoms with E-state index < -0.39 is 11.5 Å². The number of anilines is 1. The molecule has 6 nitrogen and oxygen atoms in total. The molecular weight excluding hydrogens is 354 g/mol. The van der Waals surface area contributed by atoms with Gasteiger partial charge < -0.3 is 10.0 Å². The summed E-state index contributed by atoms with van der Waals surface area (Å²) in [5, 5.41) is 11.3. The van der Waals surface area contributed by atoms with E-state index in [4.69, 9.17) is 0 Å². The molecule has 4 rings (SSSR count). The number of para-hydroxylation sites is 1. The Balaban J connectivity index is 1.60. The monoisotopic (exact) mass is 379 g/mol. The van der Waals surface area contributed by atoms with E-state index in [0.717, 1.165) is 26.2 Å². The Hall–Kier alpha value is -2.54. The van der Waals surface area contributed by atoms with Crippen LogP contribution in [0.1, 0.15) is 22.3 Å². The summed E-state index contributed by atoms with van der Waals surface area (Å²) < 4.78 is 0. The lowest BCUT2D eigenvalue weighted by atomic mass is 9.88. The molecular formula is C22H25N3O3. The van der Waals surface area contributed by atoms with E-state index in [-0.39, 0.29) is 12.2 Å². The van der Waals surface area contributed by atoms with Gasteiger partial charge in [-0.3, -0.25) is 19.4 Å². The fraction of sp³-hybridized carbons (Fsp3) is 0.364. The molecule has 1 atom stereocenters. The first-order chi connectivity index (χ1) is 13.5. The molecule has 2 aromatic carbocycles. The van der Waals surface area contributed by atoms with Crippen molar-refractivity contribution >= 4 is 17.4 Å². The lowest BCUT2D eigenvalue weighted by molar-refractivity contribution is -0.136. The zero-order valence-corrected chi connectivity index (χ0v) is 16.0. The summed E-state index contributed by atoms with van der Waals surface area (Å²) in [7, 11) is 2.08. The van der Waals surface area contributed by atoms with Crippen LogP contribution in [0.3, 0.4) is 0 Å². The van der Waals surface area contributed by atoms with Gasteiger partial charge in [0, 0.05) is 37.3 Å². The molecule has 6 heteroatoms. The molecule has 1 amide bonds. The molecule has 0 bridgehead atoms. The van der Waals surface area contributed by atoms with Crippen LogP contribution in [0.5, 0.6) is 0 Å². The SMILES string of the molecule is CN1CCN(CN2C(=O)C(O)(CC(=O)c3ccccc3)c3ccccc32)CC1. The van der Waals surface area contributed by atoms with E-state index in [1.165, 1.54) is 0 Å². The van der Waals surface area contributed by atoms with Crippen molar-refractivity contribution in [3.8, 4) is 0 Å². The summed E-state index contributed by atoms with van der Waals surface area (Å²) in [6, 6.07) is 16.0. The highest BCUT2D eigenvalue weighted by molar-refractivity contribution is 6.10. The van der Waals surface area contributed by atoms with E-state index in [2.05, 4.69) is 16.8 Å². The van der Waals surface area contributed by atoms with Crippen LogP contribution in [0.15, 0.2) is 54.6 Å². The molecule has 1 unspecified atom stereocenters. The lowest BCUT2D eigenvalue weighted by Gasteiger charge is -2.35. The molecule has 0 aromatic heterocycles. The summed E-state index contributed by atoms with van der Waals surface area (Å²) in [4.78, 5) is 32.1. The normalized spacial score (nSPS) is 23.1. The van der Waals surface area contributed by atoms with Crippen LogP contribution in [0.2, 0.25) is 0 Å². The molecule has 0 saturated carbocycles. The Morgan fingerprint density at radius 2 is 1.64 bits per heavy atom. The average Bonchev–Trinajstić information content (AvgIpc) is 2.92. The number of carbonyl (C=O) groups is 2. The van der Waals surface area contributed by atoms with Gasteiger partial charge in [0.25, 0.3) is 5.91 Å². The van der Waals surface area contributed by atoms with Crippen LogP contribution in [-0.4, -0.2) is 66.5 Å². The molecule has 1 fully saturated rings. The number of piperazine rings is 1. The van der Waals surface area contributed by atoms with Gasteiger partial charge in [0.05, 0.1) is 18.8 Å². The molecule has 2 aliphatic heterocycles. The van der Waals surface area contributed by atoms with Crippen molar-refractivity contribution in [2.45, 2.75) is 12.0 Å². The van der Waals surface area contributed by atoms with Gasteiger partial charge in [-0.15, -0.1) is 0 Å². The third-order valence-corrected chi connectivity index (χ3v) is 5.69. The summed E-state index contributed by atoms with van der Waals surface area (Å²) >= 11 is 0. The predicted molar refractivity (Wildman–Crippen MR) is 107 cm³/mol. The number of ketones is 1. The second-order valence-corrected chi connectivity index (χ2v) is 7.64. The smallest absolute Gasteiger partial charge is 0.265 e. The third-order valence-electron chi connectivity index (χ3n) is 5.69. The van der Waals surface area contributed by atoms with Gasteiger partial charge in [-0.05, 0) is 13.1 Å². The summed E-state index contributed by atoms with van der Waals surface area (Å²) in [6.45, 7) is 4.04. The predicted octanol–water partition coefficient (Wildman–Crippen LogP) is 1.70. The molecule has 146 valence electrons. The topological polar surface area (TPSA) is 64.1 Å². The lowest BCUT2D eigenvalue weighted by Crippen LogP contribution is -2.51. The Labute approximate surface area is 165 Å². The number of fused-ring (bicyclic) bond motifs is 1. The third kappa shape index (κ3) is 3.35. The number of benzene rings is 2. The summed E-state index contributed by atoms with van der Waals surface area (Å²) in [6.07, 6.45) is -0.258. The van der Waals surface area contributed by atoms with E-state index >= 15 is 0 Å². The second-order valence-electron chi connectivity index (χ2n) is 7.64. The molecule has 0 spiro atoms. The van der Waals surface area contributed by atoms with Gasteiger partial charge in [0.15, 0.2) is 11.4 Å². The van der Waals surface area contributed by atoms with E-state index in [9.17, 15) is 14.7 Å². The second kappa shape index (κ2) is 7.47.